The second-order valence-corrected chi connectivity index (χ2v) is 5.74. The molecule has 86 valence electrons. The summed E-state index contributed by atoms with van der Waals surface area (Å²) in [5.74, 6) is 0. The zero-order valence-electron chi connectivity index (χ0n) is 9.62. The Kier molecular flexibility index (Phi) is 2.23. The molecule has 1 aliphatic heterocycles. The fraction of sp³-hybridized carbons (Fsp3) is 0.909. The fourth-order valence-corrected chi connectivity index (χ4v) is 2.07. The van der Waals surface area contributed by atoms with E-state index in [1.807, 2.05) is 20.8 Å². The number of aliphatic hydroxyl groups is 1. The number of ether oxygens (including phenoxy) is 1. The highest BCUT2D eigenvalue weighted by molar-refractivity contribution is 5.69. The molecule has 1 aliphatic carbocycles. The molecule has 0 unspecified atom stereocenters. The smallest absolute Gasteiger partial charge is 0.410 e. The van der Waals surface area contributed by atoms with Crippen LogP contribution in [0.25, 0.3) is 0 Å². The van der Waals surface area contributed by atoms with E-state index in [1.165, 1.54) is 0 Å². The number of hydrogen-bond acceptors (Lipinski definition) is 3. The fourth-order valence-electron chi connectivity index (χ4n) is 2.07. The number of likely N-dealkylation sites (tertiary alicyclic amines) is 1. The molecule has 1 N–H and O–H groups in total. The van der Waals surface area contributed by atoms with E-state index in [4.69, 9.17) is 4.74 Å². The van der Waals surface area contributed by atoms with Crippen LogP contribution < -0.4 is 0 Å². The van der Waals surface area contributed by atoms with Gasteiger partial charge in [-0.3, -0.25) is 0 Å². The van der Waals surface area contributed by atoms with E-state index in [0.717, 1.165) is 12.8 Å². The van der Waals surface area contributed by atoms with Crippen molar-refractivity contribution in [3.8, 4) is 0 Å². The number of carbonyl (C=O) groups is 1. The van der Waals surface area contributed by atoms with Crippen LogP contribution >= 0.6 is 0 Å². The van der Waals surface area contributed by atoms with Crippen LogP contribution in [0.3, 0.4) is 0 Å². The lowest BCUT2D eigenvalue weighted by Gasteiger charge is -2.24. The van der Waals surface area contributed by atoms with Crippen LogP contribution in [0.4, 0.5) is 4.79 Å². The molecule has 1 spiro atoms. The third kappa shape index (κ3) is 2.09. The summed E-state index contributed by atoms with van der Waals surface area (Å²) < 4.78 is 5.27. The summed E-state index contributed by atoms with van der Waals surface area (Å²) in [6.45, 7) is 6.64. The van der Waals surface area contributed by atoms with Crippen LogP contribution in [0.15, 0.2) is 0 Å². The lowest BCUT2D eigenvalue weighted by molar-refractivity contribution is 0.0269. The molecule has 1 amide bonds. The topological polar surface area (TPSA) is 49.8 Å². The van der Waals surface area contributed by atoms with Gasteiger partial charge in [-0.2, -0.15) is 0 Å². The average molecular weight is 213 g/mol. The number of aliphatic hydroxyl groups excluding tert-OH is 1. The Bertz CT molecular complexity index is 278. The van der Waals surface area contributed by atoms with Crippen molar-refractivity contribution < 1.29 is 14.6 Å². The Balaban J connectivity index is 1.93. The predicted octanol–water partition coefficient (Wildman–Crippen LogP) is 1.38. The summed E-state index contributed by atoms with van der Waals surface area (Å²) >= 11 is 0. The second-order valence-electron chi connectivity index (χ2n) is 5.74. The Hall–Kier alpha value is -0.770. The van der Waals surface area contributed by atoms with E-state index in [0.29, 0.717) is 13.1 Å². The molecule has 15 heavy (non-hydrogen) atoms. The van der Waals surface area contributed by atoms with Crippen molar-refractivity contribution in [3.05, 3.63) is 0 Å². The van der Waals surface area contributed by atoms with Crippen molar-refractivity contribution in [1.29, 1.82) is 0 Å². The molecule has 2 fully saturated rings. The maximum atomic E-state index is 11.7. The lowest BCUT2D eigenvalue weighted by Crippen LogP contribution is -2.35. The number of amides is 1. The van der Waals surface area contributed by atoms with Gasteiger partial charge in [-0.1, -0.05) is 0 Å². The van der Waals surface area contributed by atoms with E-state index in [2.05, 4.69) is 0 Å². The van der Waals surface area contributed by atoms with Crippen LogP contribution in [-0.4, -0.2) is 40.9 Å². The minimum absolute atomic E-state index is 0.0108. The molecule has 2 aliphatic rings. The highest BCUT2D eigenvalue weighted by atomic mass is 16.6. The molecule has 1 atom stereocenters. The van der Waals surface area contributed by atoms with Crippen molar-refractivity contribution in [1.82, 2.24) is 4.90 Å². The SMILES string of the molecule is CC(C)(C)OC(=O)N1C[C@H](O)C2(CC2)C1. The molecule has 0 aromatic rings. The Morgan fingerprint density at radius 1 is 1.47 bits per heavy atom. The number of β-amino-alcohol motifs (C(OH)–C–C–N with tert-alkyl or cyclic N) is 1. The summed E-state index contributed by atoms with van der Waals surface area (Å²) in [7, 11) is 0. The van der Waals surface area contributed by atoms with E-state index in [1.54, 1.807) is 4.90 Å². The predicted molar refractivity (Wildman–Crippen MR) is 55.5 cm³/mol. The molecule has 0 aromatic carbocycles. The molecule has 1 saturated heterocycles. The van der Waals surface area contributed by atoms with Gasteiger partial charge >= 0.3 is 6.09 Å². The van der Waals surface area contributed by atoms with E-state index < -0.39 is 5.60 Å². The van der Waals surface area contributed by atoms with Crippen molar-refractivity contribution in [2.24, 2.45) is 5.41 Å². The first kappa shape index (κ1) is 10.7. The van der Waals surface area contributed by atoms with Gasteiger partial charge < -0.3 is 14.7 Å². The van der Waals surface area contributed by atoms with Crippen LogP contribution in [0.2, 0.25) is 0 Å². The average Bonchev–Trinajstić information content (AvgIpc) is 2.73. The summed E-state index contributed by atoms with van der Waals surface area (Å²) in [6.07, 6.45) is 1.41. The van der Waals surface area contributed by atoms with Crippen LogP contribution in [0, 0.1) is 5.41 Å². The summed E-state index contributed by atoms with van der Waals surface area (Å²) in [5, 5.41) is 9.79. The zero-order valence-corrected chi connectivity index (χ0v) is 9.62. The third-order valence-corrected chi connectivity index (χ3v) is 3.15. The molecular formula is C11H19NO3. The van der Waals surface area contributed by atoms with Crippen LogP contribution in [-0.2, 0) is 4.74 Å². The molecule has 1 saturated carbocycles. The number of nitrogens with zero attached hydrogens (tertiary/aromatic N) is 1. The van der Waals surface area contributed by atoms with Gasteiger partial charge in [-0.15, -0.1) is 0 Å². The standard InChI is InChI=1S/C11H19NO3/c1-10(2,3)15-9(14)12-6-8(13)11(7-12)4-5-11/h8,13H,4-7H2,1-3H3/t8-/m0/s1. The Morgan fingerprint density at radius 2 is 2.07 bits per heavy atom. The minimum Gasteiger partial charge on any atom is -0.444 e. The van der Waals surface area contributed by atoms with Gasteiger partial charge in [-0.05, 0) is 33.6 Å². The molecular weight excluding hydrogens is 194 g/mol. The molecule has 4 heteroatoms. The highest BCUT2D eigenvalue weighted by Crippen LogP contribution is 2.52. The summed E-state index contributed by atoms with van der Waals surface area (Å²) in [4.78, 5) is 13.3. The second kappa shape index (κ2) is 3.11. The molecule has 0 radical (unpaired) electrons. The van der Waals surface area contributed by atoms with Crippen molar-refractivity contribution in [2.75, 3.05) is 13.1 Å². The first-order chi connectivity index (χ1) is 6.82. The van der Waals surface area contributed by atoms with Crippen LogP contribution in [0.5, 0.6) is 0 Å². The van der Waals surface area contributed by atoms with Gasteiger partial charge in [-0.25, -0.2) is 4.79 Å². The van der Waals surface area contributed by atoms with E-state index >= 15 is 0 Å². The van der Waals surface area contributed by atoms with Gasteiger partial charge in [0.25, 0.3) is 0 Å². The Morgan fingerprint density at radius 3 is 2.47 bits per heavy atom. The molecule has 2 rings (SSSR count). The normalized spacial score (nSPS) is 28.3. The Labute approximate surface area is 90.2 Å². The molecule has 0 bridgehead atoms. The van der Waals surface area contributed by atoms with Gasteiger partial charge in [0.05, 0.1) is 12.6 Å². The van der Waals surface area contributed by atoms with Crippen molar-refractivity contribution >= 4 is 6.09 Å². The number of hydrogen-bond donors (Lipinski definition) is 1. The highest BCUT2D eigenvalue weighted by Gasteiger charge is 2.56. The lowest BCUT2D eigenvalue weighted by atomic mass is 10.0. The van der Waals surface area contributed by atoms with E-state index in [-0.39, 0.29) is 17.6 Å². The maximum Gasteiger partial charge on any atom is 0.410 e. The maximum absolute atomic E-state index is 11.7. The van der Waals surface area contributed by atoms with Gasteiger partial charge in [0.15, 0.2) is 0 Å². The van der Waals surface area contributed by atoms with Gasteiger partial charge in [0, 0.05) is 12.0 Å². The summed E-state index contributed by atoms with van der Waals surface area (Å²) in [6, 6.07) is 0. The first-order valence-corrected chi connectivity index (χ1v) is 5.48. The van der Waals surface area contributed by atoms with Crippen molar-refractivity contribution in [2.45, 2.75) is 45.3 Å². The largest absolute Gasteiger partial charge is 0.444 e. The zero-order chi connectivity index (χ0) is 11.3. The van der Waals surface area contributed by atoms with E-state index in [9.17, 15) is 9.90 Å². The van der Waals surface area contributed by atoms with Crippen molar-refractivity contribution in [3.63, 3.8) is 0 Å². The third-order valence-electron chi connectivity index (χ3n) is 3.15. The summed E-state index contributed by atoms with van der Waals surface area (Å²) in [5.41, 5.74) is -0.446. The minimum atomic E-state index is -0.457. The molecule has 0 aromatic heterocycles. The monoisotopic (exact) mass is 213 g/mol. The van der Waals surface area contributed by atoms with Gasteiger partial charge in [0.1, 0.15) is 5.60 Å². The quantitative estimate of drug-likeness (QED) is 0.661. The first-order valence-electron chi connectivity index (χ1n) is 5.48. The van der Waals surface area contributed by atoms with Crippen LogP contribution in [0.1, 0.15) is 33.6 Å². The van der Waals surface area contributed by atoms with Gasteiger partial charge in [0.2, 0.25) is 0 Å². The molecule has 1 heterocycles. The molecule has 4 nitrogen and oxygen atoms in total. The number of carbonyl (C=O) groups excluding carboxylic acids is 1. The number of rotatable bonds is 0.